The van der Waals surface area contributed by atoms with Gasteiger partial charge >= 0.3 is 0 Å². The van der Waals surface area contributed by atoms with Gasteiger partial charge in [0.05, 0.1) is 12.7 Å². The number of nitrogen functional groups attached to an aromatic ring is 1. The number of hydrogen-bond acceptors (Lipinski definition) is 4. The summed E-state index contributed by atoms with van der Waals surface area (Å²) < 4.78 is 5.13. The lowest BCUT2D eigenvalue weighted by molar-refractivity contribution is -0.130. The van der Waals surface area contributed by atoms with E-state index >= 15 is 0 Å². The molecule has 6 nitrogen and oxygen atoms in total. The van der Waals surface area contributed by atoms with Crippen LogP contribution in [0.25, 0.3) is 0 Å². The molecule has 0 radical (unpaired) electrons. The van der Waals surface area contributed by atoms with E-state index in [0.717, 1.165) is 0 Å². The summed E-state index contributed by atoms with van der Waals surface area (Å²) >= 11 is 0. The molecule has 1 rings (SSSR count). The lowest BCUT2D eigenvalue weighted by Gasteiger charge is -2.18. The van der Waals surface area contributed by atoms with Crippen LogP contribution in [0.4, 0.5) is 5.69 Å². The van der Waals surface area contributed by atoms with Crippen molar-refractivity contribution in [3.63, 3.8) is 0 Å². The first-order chi connectivity index (χ1) is 10.0. The second kappa shape index (κ2) is 8.14. The third-order valence-electron chi connectivity index (χ3n) is 3.21. The Bertz CT molecular complexity index is 499. The van der Waals surface area contributed by atoms with Gasteiger partial charge in [0, 0.05) is 37.8 Å². The summed E-state index contributed by atoms with van der Waals surface area (Å²) in [5.74, 6) is 0.173. The summed E-state index contributed by atoms with van der Waals surface area (Å²) in [5, 5.41) is 2.72. The molecule has 116 valence electrons. The Balaban J connectivity index is 2.57. The number of hydrogen-bond donors (Lipinski definition) is 2. The van der Waals surface area contributed by atoms with E-state index in [-0.39, 0.29) is 18.2 Å². The van der Waals surface area contributed by atoms with Crippen LogP contribution in [0.15, 0.2) is 18.2 Å². The normalized spacial score (nSPS) is 10.0. The van der Waals surface area contributed by atoms with Crippen molar-refractivity contribution in [1.29, 1.82) is 0 Å². The lowest BCUT2D eigenvalue weighted by Crippen LogP contribution is -2.34. The Labute approximate surface area is 125 Å². The monoisotopic (exact) mass is 293 g/mol. The van der Waals surface area contributed by atoms with Crippen LogP contribution in [-0.2, 0) is 4.79 Å². The predicted octanol–water partition coefficient (Wildman–Crippen LogP) is 1.27. The highest BCUT2D eigenvalue weighted by molar-refractivity contribution is 5.97. The van der Waals surface area contributed by atoms with Crippen molar-refractivity contribution in [3.05, 3.63) is 23.8 Å². The smallest absolute Gasteiger partial charge is 0.255 e. The number of rotatable bonds is 7. The van der Waals surface area contributed by atoms with Crippen LogP contribution in [0.2, 0.25) is 0 Å². The first kappa shape index (κ1) is 16.8. The third-order valence-corrected chi connectivity index (χ3v) is 3.21. The molecule has 0 aromatic heterocycles. The Morgan fingerprint density at radius 2 is 1.95 bits per heavy atom. The van der Waals surface area contributed by atoms with Crippen LogP contribution in [0, 0.1) is 0 Å². The third kappa shape index (κ3) is 4.66. The Morgan fingerprint density at radius 3 is 2.52 bits per heavy atom. The predicted molar refractivity (Wildman–Crippen MR) is 82.3 cm³/mol. The summed E-state index contributed by atoms with van der Waals surface area (Å²) in [4.78, 5) is 25.6. The lowest BCUT2D eigenvalue weighted by atomic mass is 10.1. The Kier molecular flexibility index (Phi) is 6.52. The van der Waals surface area contributed by atoms with Gasteiger partial charge in [-0.3, -0.25) is 9.59 Å². The highest BCUT2D eigenvalue weighted by Crippen LogP contribution is 2.21. The minimum atomic E-state index is -0.279. The van der Waals surface area contributed by atoms with E-state index in [0.29, 0.717) is 36.6 Å². The highest BCUT2D eigenvalue weighted by Gasteiger charge is 2.14. The molecule has 0 heterocycles. The van der Waals surface area contributed by atoms with Crippen molar-refractivity contribution < 1.29 is 14.3 Å². The maximum absolute atomic E-state index is 12.1. The number of anilines is 1. The minimum absolute atomic E-state index is 0.0320. The first-order valence-electron chi connectivity index (χ1n) is 7.02. The number of methoxy groups -OCH3 is 1. The minimum Gasteiger partial charge on any atom is -0.496 e. The first-order valence-corrected chi connectivity index (χ1v) is 7.02. The van der Waals surface area contributed by atoms with Gasteiger partial charge in [0.2, 0.25) is 5.91 Å². The standard InChI is InChI=1S/C15H23N3O3/c1-4-18(5-2)14(19)8-9-17-15(20)12-7-6-11(16)10-13(12)21-3/h6-7,10H,4-5,8-9,16H2,1-3H3,(H,17,20). The summed E-state index contributed by atoms with van der Waals surface area (Å²) in [6, 6.07) is 4.84. The fraction of sp³-hybridized carbons (Fsp3) is 0.467. The fourth-order valence-corrected chi connectivity index (χ4v) is 2.01. The zero-order chi connectivity index (χ0) is 15.8. The summed E-state index contributed by atoms with van der Waals surface area (Å²) in [6.45, 7) is 5.50. The number of nitrogens with one attached hydrogen (secondary N) is 1. The summed E-state index contributed by atoms with van der Waals surface area (Å²) in [5.41, 5.74) is 6.58. The molecule has 0 atom stereocenters. The van der Waals surface area contributed by atoms with Crippen molar-refractivity contribution in [3.8, 4) is 5.75 Å². The second-order valence-electron chi connectivity index (χ2n) is 4.53. The quantitative estimate of drug-likeness (QED) is 0.741. The van der Waals surface area contributed by atoms with E-state index in [1.165, 1.54) is 7.11 Å². The molecule has 6 heteroatoms. The molecule has 0 fully saturated rings. The van der Waals surface area contributed by atoms with Gasteiger partial charge in [-0.15, -0.1) is 0 Å². The van der Waals surface area contributed by atoms with Gasteiger partial charge in [0.25, 0.3) is 5.91 Å². The van der Waals surface area contributed by atoms with Gasteiger partial charge in [0.1, 0.15) is 5.75 Å². The molecule has 0 unspecified atom stereocenters. The summed E-state index contributed by atoms with van der Waals surface area (Å²) in [7, 11) is 1.48. The molecule has 0 saturated heterocycles. The van der Waals surface area contributed by atoms with Crippen LogP contribution >= 0.6 is 0 Å². The van der Waals surface area contributed by atoms with Crippen molar-refractivity contribution in [2.75, 3.05) is 32.5 Å². The van der Waals surface area contributed by atoms with Crippen LogP contribution in [0.3, 0.4) is 0 Å². The van der Waals surface area contributed by atoms with E-state index in [4.69, 9.17) is 10.5 Å². The largest absolute Gasteiger partial charge is 0.496 e. The average molecular weight is 293 g/mol. The zero-order valence-corrected chi connectivity index (χ0v) is 12.8. The zero-order valence-electron chi connectivity index (χ0n) is 12.8. The van der Waals surface area contributed by atoms with Crippen LogP contribution in [0.1, 0.15) is 30.6 Å². The van der Waals surface area contributed by atoms with E-state index in [1.807, 2.05) is 13.8 Å². The molecule has 2 amide bonds. The molecule has 0 bridgehead atoms. The number of amides is 2. The molecule has 1 aromatic rings. The van der Waals surface area contributed by atoms with Crippen molar-refractivity contribution in [2.45, 2.75) is 20.3 Å². The van der Waals surface area contributed by atoms with Crippen LogP contribution in [0.5, 0.6) is 5.75 Å². The fourth-order valence-electron chi connectivity index (χ4n) is 2.01. The van der Waals surface area contributed by atoms with Gasteiger partial charge < -0.3 is 20.7 Å². The van der Waals surface area contributed by atoms with Crippen molar-refractivity contribution in [1.82, 2.24) is 10.2 Å². The second-order valence-corrected chi connectivity index (χ2v) is 4.53. The number of nitrogens with zero attached hydrogens (tertiary/aromatic N) is 1. The molecule has 0 aliphatic rings. The maximum Gasteiger partial charge on any atom is 0.255 e. The van der Waals surface area contributed by atoms with E-state index < -0.39 is 0 Å². The van der Waals surface area contributed by atoms with Gasteiger partial charge in [-0.1, -0.05) is 0 Å². The summed E-state index contributed by atoms with van der Waals surface area (Å²) in [6.07, 6.45) is 0.282. The Hall–Kier alpha value is -2.24. The molecule has 1 aromatic carbocycles. The SMILES string of the molecule is CCN(CC)C(=O)CCNC(=O)c1ccc(N)cc1OC. The highest BCUT2D eigenvalue weighted by atomic mass is 16.5. The van der Waals surface area contributed by atoms with E-state index in [1.54, 1.807) is 23.1 Å². The number of nitrogens with two attached hydrogens (primary N) is 1. The average Bonchev–Trinajstić information content (AvgIpc) is 2.48. The molecule has 3 N–H and O–H groups in total. The number of carbonyl (C=O) groups excluding carboxylic acids is 2. The van der Waals surface area contributed by atoms with Crippen LogP contribution < -0.4 is 15.8 Å². The van der Waals surface area contributed by atoms with E-state index in [2.05, 4.69) is 5.32 Å². The van der Waals surface area contributed by atoms with Crippen LogP contribution in [-0.4, -0.2) is 43.5 Å². The molecule has 0 aliphatic heterocycles. The topological polar surface area (TPSA) is 84.7 Å². The maximum atomic E-state index is 12.1. The molecule has 0 spiro atoms. The number of carbonyl (C=O) groups is 2. The van der Waals surface area contributed by atoms with E-state index in [9.17, 15) is 9.59 Å². The van der Waals surface area contributed by atoms with Gasteiger partial charge in [-0.05, 0) is 26.0 Å². The van der Waals surface area contributed by atoms with Gasteiger partial charge in [-0.2, -0.15) is 0 Å². The molecule has 0 aliphatic carbocycles. The molecular weight excluding hydrogens is 270 g/mol. The Morgan fingerprint density at radius 1 is 1.29 bits per heavy atom. The van der Waals surface area contributed by atoms with Gasteiger partial charge in [0.15, 0.2) is 0 Å². The number of benzene rings is 1. The molecular formula is C15H23N3O3. The van der Waals surface area contributed by atoms with Crippen molar-refractivity contribution >= 4 is 17.5 Å². The molecule has 21 heavy (non-hydrogen) atoms. The number of ether oxygens (including phenoxy) is 1. The van der Waals surface area contributed by atoms with Gasteiger partial charge in [-0.25, -0.2) is 0 Å². The molecule has 0 saturated carbocycles. The van der Waals surface area contributed by atoms with Crippen molar-refractivity contribution in [2.24, 2.45) is 0 Å².